The van der Waals surface area contributed by atoms with E-state index in [0.29, 0.717) is 48.5 Å². The van der Waals surface area contributed by atoms with Crippen molar-refractivity contribution in [3.05, 3.63) is 34.2 Å². The Balaban J connectivity index is 2.10. The van der Waals surface area contributed by atoms with Crippen molar-refractivity contribution < 1.29 is 9.84 Å². The van der Waals surface area contributed by atoms with E-state index in [0.717, 1.165) is 0 Å². The van der Waals surface area contributed by atoms with Crippen LogP contribution >= 0.6 is 0 Å². The maximum atomic E-state index is 12.3. The zero-order valence-electron chi connectivity index (χ0n) is 13.8. The summed E-state index contributed by atoms with van der Waals surface area (Å²) in [5.74, 6) is 0. The average Bonchev–Trinajstić information content (AvgIpc) is 2.60. The fraction of sp³-hybridized carbons (Fsp3) is 0.471. The van der Waals surface area contributed by atoms with Crippen molar-refractivity contribution in [3.63, 3.8) is 0 Å². The summed E-state index contributed by atoms with van der Waals surface area (Å²) in [5, 5.41) is 19.2. The lowest BCUT2D eigenvalue weighted by atomic mass is 10.0. The van der Waals surface area contributed by atoms with E-state index < -0.39 is 6.10 Å². The largest absolute Gasteiger partial charge is 0.390 e. The van der Waals surface area contributed by atoms with Gasteiger partial charge in [-0.05, 0) is 25.5 Å². The fourth-order valence-corrected chi connectivity index (χ4v) is 3.12. The zero-order chi connectivity index (χ0) is 17.3. The highest BCUT2D eigenvalue weighted by atomic mass is 16.5. The second kappa shape index (κ2) is 6.59. The second-order valence-corrected chi connectivity index (χ2v) is 5.90. The minimum absolute atomic E-state index is 0.136. The average molecular weight is 328 g/mol. The lowest BCUT2D eigenvalue weighted by molar-refractivity contribution is -0.0398. The van der Waals surface area contributed by atoms with Crippen LogP contribution < -0.4 is 10.5 Å². The van der Waals surface area contributed by atoms with Crippen molar-refractivity contribution in [1.82, 2.24) is 9.55 Å². The zero-order valence-corrected chi connectivity index (χ0v) is 13.8. The molecule has 0 bridgehead atoms. The highest BCUT2D eigenvalue weighted by molar-refractivity contribution is 5.88. The number of hydrogen-bond acceptors (Lipinski definition) is 6. The number of piperidine rings is 1. The molecule has 0 radical (unpaired) electrons. The van der Waals surface area contributed by atoms with Crippen LogP contribution in [0.3, 0.4) is 0 Å². The smallest absolute Gasteiger partial charge is 0.252 e. The highest BCUT2D eigenvalue weighted by Gasteiger charge is 2.29. The van der Waals surface area contributed by atoms with Gasteiger partial charge in [0.2, 0.25) is 0 Å². The molecule has 0 amide bonds. The lowest BCUT2D eigenvalue weighted by Crippen LogP contribution is -2.48. The van der Waals surface area contributed by atoms with E-state index in [4.69, 9.17) is 10.00 Å². The summed E-state index contributed by atoms with van der Waals surface area (Å²) < 4.78 is 7.13. The van der Waals surface area contributed by atoms with E-state index >= 15 is 0 Å². The number of pyridine rings is 2. The third-order valence-corrected chi connectivity index (χ3v) is 4.43. The summed E-state index contributed by atoms with van der Waals surface area (Å²) in [6.45, 7) is 3.49. The molecule has 7 heteroatoms. The molecule has 3 rings (SSSR count). The van der Waals surface area contributed by atoms with Gasteiger partial charge in [-0.1, -0.05) is 0 Å². The SMILES string of the molecule is CCOC1CN(c2cc(=O)n(C)c3ccc(C#N)nc23)CCC1O. The van der Waals surface area contributed by atoms with Crippen LogP contribution in [0.15, 0.2) is 23.0 Å². The molecule has 1 N–H and O–H groups in total. The van der Waals surface area contributed by atoms with Gasteiger partial charge < -0.3 is 19.3 Å². The Morgan fingerprint density at radius 1 is 1.50 bits per heavy atom. The van der Waals surface area contributed by atoms with Gasteiger partial charge in [-0.15, -0.1) is 0 Å². The van der Waals surface area contributed by atoms with Gasteiger partial charge >= 0.3 is 0 Å². The Labute approximate surface area is 139 Å². The van der Waals surface area contributed by atoms with Crippen molar-refractivity contribution in [3.8, 4) is 6.07 Å². The lowest BCUT2D eigenvalue weighted by Gasteiger charge is -2.37. The van der Waals surface area contributed by atoms with Crippen LogP contribution in [0.2, 0.25) is 0 Å². The Hall–Kier alpha value is -2.43. The van der Waals surface area contributed by atoms with Crippen molar-refractivity contribution in [2.24, 2.45) is 7.05 Å². The molecular weight excluding hydrogens is 308 g/mol. The van der Waals surface area contributed by atoms with Crippen LogP contribution in [0, 0.1) is 11.3 Å². The quantitative estimate of drug-likeness (QED) is 0.895. The molecule has 24 heavy (non-hydrogen) atoms. The molecule has 1 fully saturated rings. The molecule has 126 valence electrons. The van der Waals surface area contributed by atoms with Crippen molar-refractivity contribution in [1.29, 1.82) is 5.26 Å². The first-order chi connectivity index (χ1) is 11.5. The number of ether oxygens (including phenoxy) is 1. The normalized spacial score (nSPS) is 21.0. The van der Waals surface area contributed by atoms with E-state index in [1.165, 1.54) is 10.6 Å². The predicted octanol–water partition coefficient (Wildman–Crippen LogP) is 0.781. The van der Waals surface area contributed by atoms with Crippen molar-refractivity contribution in [2.45, 2.75) is 25.6 Å². The summed E-state index contributed by atoms with van der Waals surface area (Å²) in [6.07, 6.45) is -0.261. The number of rotatable bonds is 3. The van der Waals surface area contributed by atoms with E-state index in [2.05, 4.69) is 4.98 Å². The van der Waals surface area contributed by atoms with Crippen LogP contribution in [-0.2, 0) is 11.8 Å². The number of aliphatic hydroxyl groups excluding tert-OH is 1. The van der Waals surface area contributed by atoms with E-state index in [9.17, 15) is 9.90 Å². The van der Waals surface area contributed by atoms with Gasteiger partial charge in [-0.25, -0.2) is 4.98 Å². The molecule has 0 spiro atoms. The first-order valence-corrected chi connectivity index (χ1v) is 8.00. The molecule has 0 aromatic carbocycles. The monoisotopic (exact) mass is 328 g/mol. The number of hydrogen-bond donors (Lipinski definition) is 1. The van der Waals surface area contributed by atoms with Crippen LogP contribution in [0.1, 0.15) is 19.0 Å². The van der Waals surface area contributed by atoms with Gasteiger partial charge in [0.1, 0.15) is 23.4 Å². The van der Waals surface area contributed by atoms with Gasteiger partial charge in [0.05, 0.1) is 17.3 Å². The Morgan fingerprint density at radius 3 is 3.00 bits per heavy atom. The number of nitrogens with zero attached hydrogens (tertiary/aromatic N) is 4. The molecule has 2 aromatic heterocycles. The minimum Gasteiger partial charge on any atom is -0.390 e. The van der Waals surface area contributed by atoms with Crippen LogP contribution in [0.25, 0.3) is 11.0 Å². The van der Waals surface area contributed by atoms with E-state index in [1.807, 2.05) is 17.9 Å². The molecule has 7 nitrogen and oxygen atoms in total. The predicted molar refractivity (Wildman–Crippen MR) is 89.9 cm³/mol. The summed E-state index contributed by atoms with van der Waals surface area (Å²) in [4.78, 5) is 18.7. The Kier molecular flexibility index (Phi) is 4.51. The Morgan fingerprint density at radius 2 is 2.29 bits per heavy atom. The topological polar surface area (TPSA) is 91.4 Å². The minimum atomic E-state index is -0.512. The van der Waals surface area contributed by atoms with Gasteiger partial charge in [0.15, 0.2) is 0 Å². The van der Waals surface area contributed by atoms with Crippen molar-refractivity contribution in [2.75, 3.05) is 24.6 Å². The maximum Gasteiger partial charge on any atom is 0.252 e. The number of aromatic nitrogens is 2. The summed E-state index contributed by atoms with van der Waals surface area (Å²) in [5.41, 5.74) is 2.14. The molecule has 0 aliphatic carbocycles. The molecule has 1 aliphatic heterocycles. The molecule has 3 heterocycles. The molecule has 2 unspecified atom stereocenters. The van der Waals surface area contributed by atoms with Crippen LogP contribution in [0.4, 0.5) is 5.69 Å². The van der Waals surface area contributed by atoms with Crippen LogP contribution in [-0.4, -0.2) is 46.6 Å². The molecule has 2 atom stereocenters. The van der Waals surface area contributed by atoms with E-state index in [1.54, 1.807) is 19.2 Å². The Bertz CT molecular complexity index is 855. The highest BCUT2D eigenvalue weighted by Crippen LogP contribution is 2.27. The number of aryl methyl sites for hydroxylation is 1. The van der Waals surface area contributed by atoms with Crippen LogP contribution in [0.5, 0.6) is 0 Å². The summed E-state index contributed by atoms with van der Waals surface area (Å²) in [6, 6.07) is 6.92. The molecular formula is C17H20N4O3. The number of aliphatic hydroxyl groups is 1. The summed E-state index contributed by atoms with van der Waals surface area (Å²) >= 11 is 0. The van der Waals surface area contributed by atoms with Gasteiger partial charge in [-0.2, -0.15) is 5.26 Å². The number of nitriles is 1. The molecule has 1 saturated heterocycles. The van der Waals surface area contributed by atoms with Gasteiger partial charge in [0.25, 0.3) is 5.56 Å². The van der Waals surface area contributed by atoms with Gasteiger partial charge in [0, 0.05) is 32.8 Å². The van der Waals surface area contributed by atoms with E-state index in [-0.39, 0.29) is 11.7 Å². The van der Waals surface area contributed by atoms with Crippen molar-refractivity contribution >= 4 is 16.7 Å². The molecule has 1 aliphatic rings. The first kappa shape index (κ1) is 16.4. The summed E-state index contributed by atoms with van der Waals surface area (Å²) in [7, 11) is 1.69. The maximum absolute atomic E-state index is 12.3. The number of anilines is 1. The second-order valence-electron chi connectivity index (χ2n) is 5.90. The third kappa shape index (κ3) is 2.86. The molecule has 0 saturated carbocycles. The molecule has 2 aromatic rings. The third-order valence-electron chi connectivity index (χ3n) is 4.43. The number of fused-ring (bicyclic) bond motifs is 1. The first-order valence-electron chi connectivity index (χ1n) is 8.00. The fourth-order valence-electron chi connectivity index (χ4n) is 3.12. The van der Waals surface area contributed by atoms with Gasteiger partial charge in [-0.3, -0.25) is 4.79 Å². The standard InChI is InChI=1S/C17H20N4O3/c1-3-24-15-10-21(7-6-14(15)22)13-8-16(23)20(2)12-5-4-11(9-18)19-17(12)13/h4-5,8,14-15,22H,3,6-7,10H2,1-2H3.